The summed E-state index contributed by atoms with van der Waals surface area (Å²) in [6.07, 6.45) is -0.0856. The molecule has 8 nitrogen and oxygen atoms in total. The van der Waals surface area contributed by atoms with Gasteiger partial charge in [0.1, 0.15) is 10.6 Å². The van der Waals surface area contributed by atoms with Crippen LogP contribution in [0.15, 0.2) is 53.4 Å². The molecule has 0 unspecified atom stereocenters. The van der Waals surface area contributed by atoms with Crippen LogP contribution in [-0.4, -0.2) is 32.9 Å². The van der Waals surface area contributed by atoms with Gasteiger partial charge in [-0.05, 0) is 37.1 Å². The van der Waals surface area contributed by atoms with Gasteiger partial charge in [-0.15, -0.1) is 0 Å². The number of carboxylic acids is 1. The van der Waals surface area contributed by atoms with Crippen LogP contribution in [0.25, 0.3) is 0 Å². The third kappa shape index (κ3) is 5.80. The van der Waals surface area contributed by atoms with Gasteiger partial charge in [0.2, 0.25) is 15.9 Å². The van der Waals surface area contributed by atoms with Crippen molar-refractivity contribution in [3.05, 3.63) is 54.1 Å². The SMILES string of the molecule is CCOc1ccc(NC(C)=O)cc1S(=O)(=O)N[C@@H](Cc1ccccc1)C(=O)[O-]. The second-order valence-corrected chi connectivity index (χ2v) is 7.64. The third-order valence-electron chi connectivity index (χ3n) is 3.72. The molecule has 0 aliphatic heterocycles. The summed E-state index contributed by atoms with van der Waals surface area (Å²) < 4.78 is 33.3. The first-order valence-electron chi connectivity index (χ1n) is 8.54. The van der Waals surface area contributed by atoms with E-state index in [9.17, 15) is 23.1 Å². The first kappa shape index (κ1) is 21.4. The Morgan fingerprint density at radius 2 is 1.82 bits per heavy atom. The van der Waals surface area contributed by atoms with Crippen molar-refractivity contribution < 1.29 is 27.9 Å². The molecule has 1 amide bonds. The molecule has 0 aromatic heterocycles. The minimum absolute atomic E-state index is 0.0425. The van der Waals surface area contributed by atoms with Crippen molar-refractivity contribution in [3.63, 3.8) is 0 Å². The van der Waals surface area contributed by atoms with E-state index in [0.717, 1.165) is 0 Å². The number of anilines is 1. The fourth-order valence-corrected chi connectivity index (χ4v) is 3.90. The number of carbonyl (C=O) groups excluding carboxylic acids is 2. The van der Waals surface area contributed by atoms with Crippen LogP contribution in [0, 0.1) is 0 Å². The van der Waals surface area contributed by atoms with Crippen LogP contribution in [0.2, 0.25) is 0 Å². The number of carboxylic acid groups (broad SMARTS) is 1. The summed E-state index contributed by atoms with van der Waals surface area (Å²) in [4.78, 5) is 22.5. The van der Waals surface area contributed by atoms with Crippen LogP contribution < -0.4 is 19.9 Å². The van der Waals surface area contributed by atoms with Gasteiger partial charge >= 0.3 is 0 Å². The largest absolute Gasteiger partial charge is 0.548 e. The number of hydrogen-bond donors (Lipinski definition) is 2. The van der Waals surface area contributed by atoms with Crippen molar-refractivity contribution in [2.75, 3.05) is 11.9 Å². The van der Waals surface area contributed by atoms with Crippen molar-refractivity contribution in [3.8, 4) is 5.75 Å². The summed E-state index contributed by atoms with van der Waals surface area (Å²) in [7, 11) is -4.28. The van der Waals surface area contributed by atoms with E-state index in [1.165, 1.54) is 25.1 Å². The normalized spacial score (nSPS) is 12.2. The van der Waals surface area contributed by atoms with Crippen molar-refractivity contribution in [2.24, 2.45) is 0 Å². The predicted molar refractivity (Wildman–Crippen MR) is 101 cm³/mol. The molecule has 9 heteroatoms. The zero-order valence-electron chi connectivity index (χ0n) is 15.5. The summed E-state index contributed by atoms with van der Waals surface area (Å²) in [6, 6.07) is 11.2. The van der Waals surface area contributed by atoms with E-state index >= 15 is 0 Å². The molecule has 0 bridgehead atoms. The smallest absolute Gasteiger partial charge is 0.244 e. The summed E-state index contributed by atoms with van der Waals surface area (Å²) in [6.45, 7) is 3.18. The van der Waals surface area contributed by atoms with Crippen molar-refractivity contribution >= 4 is 27.6 Å². The third-order valence-corrected chi connectivity index (χ3v) is 5.21. The van der Waals surface area contributed by atoms with Crippen molar-refractivity contribution in [1.82, 2.24) is 4.72 Å². The van der Waals surface area contributed by atoms with Gasteiger partial charge in [0.05, 0.1) is 18.6 Å². The van der Waals surface area contributed by atoms with Crippen LogP contribution in [0.3, 0.4) is 0 Å². The Morgan fingerprint density at radius 1 is 1.14 bits per heavy atom. The Hall–Kier alpha value is -2.91. The number of rotatable bonds is 9. The van der Waals surface area contributed by atoms with E-state index in [1.54, 1.807) is 37.3 Å². The molecule has 0 saturated carbocycles. The number of amides is 1. The van der Waals surface area contributed by atoms with Crippen LogP contribution in [0.4, 0.5) is 5.69 Å². The molecule has 1 atom stereocenters. The Morgan fingerprint density at radius 3 is 2.39 bits per heavy atom. The maximum Gasteiger partial charge on any atom is 0.244 e. The van der Waals surface area contributed by atoms with E-state index in [0.29, 0.717) is 5.56 Å². The minimum Gasteiger partial charge on any atom is -0.548 e. The highest BCUT2D eigenvalue weighted by Crippen LogP contribution is 2.28. The van der Waals surface area contributed by atoms with Crippen LogP contribution in [-0.2, 0) is 26.0 Å². The molecule has 0 radical (unpaired) electrons. The lowest BCUT2D eigenvalue weighted by molar-refractivity contribution is -0.307. The van der Waals surface area contributed by atoms with E-state index in [1.807, 2.05) is 0 Å². The van der Waals surface area contributed by atoms with Gasteiger partial charge in [-0.2, -0.15) is 0 Å². The fraction of sp³-hybridized carbons (Fsp3) is 0.263. The Labute approximate surface area is 163 Å². The average molecular weight is 405 g/mol. The molecule has 2 rings (SSSR count). The van der Waals surface area contributed by atoms with Gasteiger partial charge in [-0.1, -0.05) is 30.3 Å². The molecule has 0 aliphatic rings. The molecule has 0 heterocycles. The van der Waals surface area contributed by atoms with E-state index in [-0.39, 0.29) is 35.3 Å². The lowest BCUT2D eigenvalue weighted by Gasteiger charge is -2.21. The monoisotopic (exact) mass is 405 g/mol. The zero-order valence-corrected chi connectivity index (χ0v) is 16.3. The van der Waals surface area contributed by atoms with Crippen LogP contribution in [0.5, 0.6) is 5.75 Å². The van der Waals surface area contributed by atoms with E-state index in [4.69, 9.17) is 4.74 Å². The molecular weight excluding hydrogens is 384 g/mol. The van der Waals surface area contributed by atoms with E-state index in [2.05, 4.69) is 10.0 Å². The molecular formula is C19H21N2O6S-. The molecule has 2 aromatic rings. The molecule has 0 spiro atoms. The number of aliphatic carboxylic acids is 1. The summed E-state index contributed by atoms with van der Waals surface area (Å²) in [5, 5.41) is 14.0. The van der Waals surface area contributed by atoms with Gasteiger partial charge in [-0.3, -0.25) is 4.79 Å². The van der Waals surface area contributed by atoms with Crippen molar-refractivity contribution in [1.29, 1.82) is 0 Å². The molecule has 2 N–H and O–H groups in total. The minimum atomic E-state index is -4.28. The number of carbonyl (C=O) groups is 2. The number of benzene rings is 2. The van der Waals surface area contributed by atoms with Crippen molar-refractivity contribution in [2.45, 2.75) is 31.2 Å². The lowest BCUT2D eigenvalue weighted by atomic mass is 10.1. The van der Waals surface area contributed by atoms with Gasteiger partial charge < -0.3 is 20.0 Å². The first-order valence-corrected chi connectivity index (χ1v) is 10.0. The number of nitrogens with one attached hydrogen (secondary N) is 2. The Balaban J connectivity index is 2.37. The average Bonchev–Trinajstić information content (AvgIpc) is 2.62. The second kappa shape index (κ2) is 9.34. The molecule has 2 aromatic carbocycles. The Bertz CT molecular complexity index is 944. The maximum absolute atomic E-state index is 12.9. The zero-order chi connectivity index (χ0) is 20.7. The Kier molecular flexibility index (Phi) is 7.13. The standard InChI is InChI=1S/C19H22N2O6S/c1-3-27-17-10-9-15(20-13(2)22)12-18(17)28(25,26)21-16(19(23)24)11-14-7-5-4-6-8-14/h4-10,12,16,21H,3,11H2,1-2H3,(H,20,22)(H,23,24)/p-1/t16-/m0/s1. The highest BCUT2D eigenvalue weighted by atomic mass is 32.2. The second-order valence-electron chi connectivity index (χ2n) is 5.96. The molecule has 150 valence electrons. The first-order chi connectivity index (χ1) is 13.2. The molecule has 0 aliphatic carbocycles. The quantitative estimate of drug-likeness (QED) is 0.632. The van der Waals surface area contributed by atoms with E-state index < -0.39 is 22.0 Å². The summed E-state index contributed by atoms with van der Waals surface area (Å²) in [5.41, 5.74) is 0.876. The van der Waals surface area contributed by atoms with Crippen LogP contribution in [0.1, 0.15) is 19.4 Å². The number of ether oxygens (including phenoxy) is 1. The molecule has 0 fully saturated rings. The topological polar surface area (TPSA) is 125 Å². The van der Waals surface area contributed by atoms with Gasteiger partial charge in [0.15, 0.2) is 0 Å². The highest BCUT2D eigenvalue weighted by Gasteiger charge is 2.25. The van der Waals surface area contributed by atoms with Crippen LogP contribution >= 0.6 is 0 Å². The lowest BCUT2D eigenvalue weighted by Crippen LogP contribution is -2.49. The fourth-order valence-electron chi connectivity index (χ4n) is 2.55. The predicted octanol–water partition coefficient (Wildman–Crippen LogP) is 0.683. The van der Waals surface area contributed by atoms with Gasteiger partial charge in [0, 0.05) is 12.6 Å². The maximum atomic E-state index is 12.9. The summed E-state index contributed by atoms with van der Waals surface area (Å²) >= 11 is 0. The number of sulfonamides is 1. The highest BCUT2D eigenvalue weighted by molar-refractivity contribution is 7.89. The van der Waals surface area contributed by atoms with Gasteiger partial charge in [0.25, 0.3) is 0 Å². The molecule has 28 heavy (non-hydrogen) atoms. The summed E-state index contributed by atoms with van der Waals surface area (Å²) in [5.74, 6) is -1.89. The van der Waals surface area contributed by atoms with Gasteiger partial charge in [-0.25, -0.2) is 13.1 Å². The number of hydrogen-bond acceptors (Lipinski definition) is 6. The molecule has 0 saturated heterocycles.